The van der Waals surface area contributed by atoms with Gasteiger partial charge in [-0.1, -0.05) is 30.3 Å². The van der Waals surface area contributed by atoms with Crippen LogP contribution in [0.5, 0.6) is 0 Å². The van der Waals surface area contributed by atoms with Gasteiger partial charge in [0.15, 0.2) is 5.58 Å². The summed E-state index contributed by atoms with van der Waals surface area (Å²) in [5.41, 5.74) is 1.82. The molecule has 3 heteroatoms. The topological polar surface area (TPSA) is 26.0 Å². The van der Waals surface area contributed by atoms with Crippen molar-refractivity contribution in [1.29, 1.82) is 0 Å². The van der Waals surface area contributed by atoms with Crippen molar-refractivity contribution in [2.75, 3.05) is 0 Å². The summed E-state index contributed by atoms with van der Waals surface area (Å²) in [5.74, 6) is 0.719. The van der Waals surface area contributed by atoms with Gasteiger partial charge in [-0.25, -0.2) is 4.98 Å². The predicted molar refractivity (Wildman–Crippen MR) is 59.7 cm³/mol. The summed E-state index contributed by atoms with van der Waals surface area (Å²) in [6, 6.07) is 12.2. The fraction of sp³-hybridized carbons (Fsp3) is 0. The molecule has 1 heterocycles. The van der Waals surface area contributed by atoms with Crippen molar-refractivity contribution in [1.82, 2.24) is 4.98 Å². The normalized spacial score (nSPS) is 11.1. The lowest BCUT2D eigenvalue weighted by molar-refractivity contribution is 0.647. The van der Waals surface area contributed by atoms with E-state index in [0.717, 1.165) is 22.3 Å². The van der Waals surface area contributed by atoms with Crippen LogP contribution >= 0.6 is 0 Å². The van der Waals surface area contributed by atoms with Gasteiger partial charge in [-0.2, -0.15) is 0 Å². The van der Waals surface area contributed by atoms with Crippen LogP contribution < -0.4 is 5.79 Å². The van der Waals surface area contributed by atoms with Crippen LogP contribution in [0.2, 0.25) is 0 Å². The fourth-order valence-electron chi connectivity index (χ4n) is 1.77. The van der Waals surface area contributed by atoms with Gasteiger partial charge in [-0.3, -0.25) is 0 Å². The molecule has 0 saturated heterocycles. The second-order valence-corrected chi connectivity index (χ2v) is 3.37. The molecule has 0 atom stereocenters. The third-order valence-electron chi connectivity index (χ3n) is 2.39. The average molecular weight is 181 g/mol. The summed E-state index contributed by atoms with van der Waals surface area (Å²) in [6.45, 7) is 0. The first-order valence-electron chi connectivity index (χ1n) is 4.59. The molecule has 2 nitrogen and oxygen atoms in total. The summed E-state index contributed by atoms with van der Waals surface area (Å²) >= 11 is 0. The monoisotopic (exact) mass is 181 g/mol. The van der Waals surface area contributed by atoms with Crippen LogP contribution in [0.15, 0.2) is 40.8 Å². The van der Waals surface area contributed by atoms with E-state index in [2.05, 4.69) is 23.2 Å². The Morgan fingerprint density at radius 1 is 1.07 bits per heavy atom. The molecular formula is C11H8BNO. The molecule has 66 valence electrons. The van der Waals surface area contributed by atoms with Crippen LogP contribution in [0.1, 0.15) is 0 Å². The molecule has 0 unspecified atom stereocenters. The number of hydrogen-bond acceptors (Lipinski definition) is 2. The lowest BCUT2D eigenvalue weighted by Crippen LogP contribution is -1.99. The number of benzene rings is 2. The Morgan fingerprint density at radius 3 is 2.86 bits per heavy atom. The molecule has 0 N–H and O–H groups in total. The SMILES string of the molecule is Bc1nc2ccc3ccccc3c2o1. The maximum Gasteiger partial charge on any atom is 0.212 e. The molecule has 0 amide bonds. The minimum Gasteiger partial charge on any atom is -0.451 e. The molecule has 0 aliphatic carbocycles. The maximum atomic E-state index is 5.57. The summed E-state index contributed by atoms with van der Waals surface area (Å²) in [6.07, 6.45) is 0. The molecular weight excluding hydrogens is 173 g/mol. The van der Waals surface area contributed by atoms with Crippen LogP contribution in [-0.2, 0) is 0 Å². The Bertz CT molecular complexity index is 615. The van der Waals surface area contributed by atoms with Gasteiger partial charge >= 0.3 is 0 Å². The smallest absolute Gasteiger partial charge is 0.212 e. The van der Waals surface area contributed by atoms with E-state index in [1.54, 1.807) is 0 Å². The molecule has 2 aromatic carbocycles. The summed E-state index contributed by atoms with van der Waals surface area (Å²) in [7, 11) is 1.87. The Kier molecular flexibility index (Phi) is 1.42. The zero-order valence-corrected chi connectivity index (χ0v) is 7.82. The van der Waals surface area contributed by atoms with Crippen LogP contribution in [0.3, 0.4) is 0 Å². The van der Waals surface area contributed by atoms with Gasteiger partial charge in [0.2, 0.25) is 7.85 Å². The molecule has 0 radical (unpaired) electrons. The second kappa shape index (κ2) is 2.61. The van der Waals surface area contributed by atoms with E-state index < -0.39 is 0 Å². The Hall–Kier alpha value is -1.77. The molecule has 3 aromatic rings. The highest BCUT2D eigenvalue weighted by atomic mass is 16.3. The molecule has 0 fully saturated rings. The molecule has 0 aliphatic heterocycles. The number of rotatable bonds is 0. The Labute approximate surface area is 82.0 Å². The number of fused-ring (bicyclic) bond motifs is 3. The van der Waals surface area contributed by atoms with Crippen molar-refractivity contribution in [3.63, 3.8) is 0 Å². The fourth-order valence-corrected chi connectivity index (χ4v) is 1.77. The highest BCUT2D eigenvalue weighted by Gasteiger charge is 2.05. The van der Waals surface area contributed by atoms with Gasteiger partial charge in [0.1, 0.15) is 11.3 Å². The lowest BCUT2D eigenvalue weighted by atomic mass is 10.1. The predicted octanol–water partition coefficient (Wildman–Crippen LogP) is 1.24. The number of nitrogens with zero attached hydrogens (tertiary/aromatic N) is 1. The van der Waals surface area contributed by atoms with Crippen molar-refractivity contribution < 1.29 is 4.42 Å². The van der Waals surface area contributed by atoms with Gasteiger partial charge in [-0.15, -0.1) is 0 Å². The van der Waals surface area contributed by atoms with E-state index in [9.17, 15) is 0 Å². The van der Waals surface area contributed by atoms with Crippen LogP contribution in [0.4, 0.5) is 0 Å². The molecule has 14 heavy (non-hydrogen) atoms. The minimum absolute atomic E-state index is 0.719. The first-order chi connectivity index (χ1) is 6.84. The zero-order chi connectivity index (χ0) is 9.54. The standard InChI is InChI=1S/C11H8BNO/c12-11-13-9-6-5-7-3-1-2-4-8(7)10(9)14-11/h1-6H,12H2. The lowest BCUT2D eigenvalue weighted by Gasteiger charge is -1.95. The van der Waals surface area contributed by atoms with E-state index in [4.69, 9.17) is 4.42 Å². The first kappa shape index (κ1) is 7.62. The van der Waals surface area contributed by atoms with Crippen molar-refractivity contribution in [3.05, 3.63) is 36.4 Å². The van der Waals surface area contributed by atoms with Crippen molar-refractivity contribution in [2.45, 2.75) is 0 Å². The van der Waals surface area contributed by atoms with Gasteiger partial charge in [0.05, 0.1) is 0 Å². The summed E-state index contributed by atoms with van der Waals surface area (Å²) < 4.78 is 5.57. The van der Waals surface area contributed by atoms with Crippen molar-refractivity contribution in [2.24, 2.45) is 0 Å². The van der Waals surface area contributed by atoms with Crippen LogP contribution in [0, 0.1) is 0 Å². The highest BCUT2D eigenvalue weighted by molar-refractivity contribution is 6.29. The number of hydrogen-bond donors (Lipinski definition) is 0. The Morgan fingerprint density at radius 2 is 1.93 bits per heavy atom. The first-order valence-corrected chi connectivity index (χ1v) is 4.59. The van der Waals surface area contributed by atoms with Crippen LogP contribution in [-0.4, -0.2) is 12.8 Å². The summed E-state index contributed by atoms with van der Waals surface area (Å²) in [4.78, 5) is 4.30. The quantitative estimate of drug-likeness (QED) is 0.487. The van der Waals surface area contributed by atoms with E-state index in [1.165, 1.54) is 5.39 Å². The van der Waals surface area contributed by atoms with Crippen LogP contribution in [0.25, 0.3) is 21.9 Å². The van der Waals surface area contributed by atoms with E-state index in [0.29, 0.717) is 0 Å². The van der Waals surface area contributed by atoms with Gasteiger partial charge < -0.3 is 4.42 Å². The average Bonchev–Trinajstić information content (AvgIpc) is 2.59. The highest BCUT2D eigenvalue weighted by Crippen LogP contribution is 2.23. The van der Waals surface area contributed by atoms with Gasteiger partial charge in [0, 0.05) is 5.39 Å². The molecule has 0 bridgehead atoms. The van der Waals surface area contributed by atoms with Crippen molar-refractivity contribution in [3.8, 4) is 0 Å². The van der Waals surface area contributed by atoms with Crippen molar-refractivity contribution >= 4 is 35.5 Å². The molecule has 1 aromatic heterocycles. The zero-order valence-electron chi connectivity index (χ0n) is 7.82. The summed E-state index contributed by atoms with van der Waals surface area (Å²) in [5, 5.41) is 2.32. The minimum atomic E-state index is 0.719. The number of aromatic nitrogens is 1. The second-order valence-electron chi connectivity index (χ2n) is 3.37. The van der Waals surface area contributed by atoms with E-state index in [1.807, 2.05) is 26.0 Å². The Balaban J connectivity index is 2.60. The largest absolute Gasteiger partial charge is 0.451 e. The van der Waals surface area contributed by atoms with E-state index in [-0.39, 0.29) is 0 Å². The molecule has 0 saturated carbocycles. The third kappa shape index (κ3) is 0.955. The number of oxazole rings is 1. The molecule has 0 spiro atoms. The van der Waals surface area contributed by atoms with Gasteiger partial charge in [0.25, 0.3) is 0 Å². The molecule has 3 rings (SSSR count). The third-order valence-corrected chi connectivity index (χ3v) is 2.39. The van der Waals surface area contributed by atoms with E-state index >= 15 is 0 Å². The maximum absolute atomic E-state index is 5.57. The molecule has 0 aliphatic rings. The van der Waals surface area contributed by atoms with Gasteiger partial charge in [-0.05, 0) is 11.5 Å².